The van der Waals surface area contributed by atoms with Crippen molar-refractivity contribution in [2.45, 2.75) is 31.4 Å². The monoisotopic (exact) mass is 228 g/mol. The summed E-state index contributed by atoms with van der Waals surface area (Å²) in [5.74, 6) is 0.0390. The Kier molecular flexibility index (Phi) is 4.15. The standard InChI is InChI=1S/C11H20N2O3/c14-7-10-6-13(11(15)8-16-10)5-9-3-1-2-4-12-9/h9-10,12,14H,1-8H2. The van der Waals surface area contributed by atoms with Gasteiger partial charge in [0.2, 0.25) is 5.91 Å². The molecule has 0 spiro atoms. The highest BCUT2D eigenvalue weighted by Gasteiger charge is 2.27. The summed E-state index contributed by atoms with van der Waals surface area (Å²) in [7, 11) is 0. The third-order valence-electron chi connectivity index (χ3n) is 3.28. The van der Waals surface area contributed by atoms with Gasteiger partial charge in [-0.1, -0.05) is 6.42 Å². The molecule has 2 atom stereocenters. The van der Waals surface area contributed by atoms with Crippen LogP contribution in [0.2, 0.25) is 0 Å². The van der Waals surface area contributed by atoms with Gasteiger partial charge in [-0.15, -0.1) is 0 Å². The number of piperidine rings is 1. The summed E-state index contributed by atoms with van der Waals surface area (Å²) >= 11 is 0. The highest BCUT2D eigenvalue weighted by molar-refractivity contribution is 5.78. The highest BCUT2D eigenvalue weighted by Crippen LogP contribution is 2.12. The first-order chi connectivity index (χ1) is 7.79. The molecule has 92 valence electrons. The van der Waals surface area contributed by atoms with Gasteiger partial charge in [-0.25, -0.2) is 0 Å². The van der Waals surface area contributed by atoms with Crippen molar-refractivity contribution in [1.29, 1.82) is 0 Å². The Morgan fingerprint density at radius 1 is 1.50 bits per heavy atom. The zero-order valence-corrected chi connectivity index (χ0v) is 9.52. The van der Waals surface area contributed by atoms with E-state index in [9.17, 15) is 4.79 Å². The van der Waals surface area contributed by atoms with Gasteiger partial charge in [0.1, 0.15) is 6.61 Å². The summed E-state index contributed by atoms with van der Waals surface area (Å²) < 4.78 is 5.20. The van der Waals surface area contributed by atoms with Crippen LogP contribution in [0.25, 0.3) is 0 Å². The quantitative estimate of drug-likeness (QED) is 0.674. The van der Waals surface area contributed by atoms with Gasteiger partial charge in [-0.2, -0.15) is 0 Å². The molecule has 2 rings (SSSR count). The molecule has 1 amide bonds. The number of carbonyl (C=O) groups is 1. The SMILES string of the molecule is O=C1COC(CO)CN1CC1CCCCN1. The van der Waals surface area contributed by atoms with Crippen LogP contribution in [0.5, 0.6) is 0 Å². The van der Waals surface area contributed by atoms with Crippen LogP contribution in [0.4, 0.5) is 0 Å². The molecule has 2 N–H and O–H groups in total. The van der Waals surface area contributed by atoms with Crippen molar-refractivity contribution in [3.8, 4) is 0 Å². The Morgan fingerprint density at radius 2 is 2.38 bits per heavy atom. The van der Waals surface area contributed by atoms with Gasteiger partial charge in [-0.05, 0) is 19.4 Å². The van der Waals surface area contributed by atoms with E-state index >= 15 is 0 Å². The van der Waals surface area contributed by atoms with Crippen LogP contribution >= 0.6 is 0 Å². The third-order valence-corrected chi connectivity index (χ3v) is 3.28. The van der Waals surface area contributed by atoms with Crippen molar-refractivity contribution in [1.82, 2.24) is 10.2 Å². The number of morpholine rings is 1. The van der Waals surface area contributed by atoms with Gasteiger partial charge in [0, 0.05) is 19.1 Å². The number of aliphatic hydroxyl groups is 1. The van der Waals surface area contributed by atoms with Crippen LogP contribution in [0.1, 0.15) is 19.3 Å². The molecule has 0 saturated carbocycles. The van der Waals surface area contributed by atoms with Crippen molar-refractivity contribution in [2.75, 3.05) is 32.8 Å². The van der Waals surface area contributed by atoms with Crippen molar-refractivity contribution in [3.63, 3.8) is 0 Å². The van der Waals surface area contributed by atoms with E-state index in [0.29, 0.717) is 12.6 Å². The van der Waals surface area contributed by atoms with Crippen LogP contribution in [-0.2, 0) is 9.53 Å². The van der Waals surface area contributed by atoms with Crippen LogP contribution in [0, 0.1) is 0 Å². The van der Waals surface area contributed by atoms with Crippen molar-refractivity contribution in [3.05, 3.63) is 0 Å². The molecular formula is C11H20N2O3. The molecule has 2 fully saturated rings. The van der Waals surface area contributed by atoms with E-state index in [-0.39, 0.29) is 25.2 Å². The summed E-state index contributed by atoms with van der Waals surface area (Å²) in [4.78, 5) is 13.4. The predicted octanol–water partition coefficient (Wildman–Crippen LogP) is -0.652. The average Bonchev–Trinajstić information content (AvgIpc) is 2.33. The zero-order valence-electron chi connectivity index (χ0n) is 9.52. The van der Waals surface area contributed by atoms with Crippen molar-refractivity contribution < 1.29 is 14.6 Å². The summed E-state index contributed by atoms with van der Waals surface area (Å²) in [6, 6.07) is 0.412. The van der Waals surface area contributed by atoms with Crippen LogP contribution in [0.3, 0.4) is 0 Å². The number of amides is 1. The molecule has 2 saturated heterocycles. The molecule has 0 aliphatic carbocycles. The van der Waals surface area contributed by atoms with E-state index in [2.05, 4.69) is 5.32 Å². The Hall–Kier alpha value is -0.650. The highest BCUT2D eigenvalue weighted by atomic mass is 16.5. The molecule has 0 aromatic rings. The Bertz CT molecular complexity index is 241. The zero-order chi connectivity index (χ0) is 11.4. The minimum Gasteiger partial charge on any atom is -0.394 e. The lowest BCUT2D eigenvalue weighted by molar-refractivity contribution is -0.151. The van der Waals surface area contributed by atoms with Gasteiger partial charge >= 0.3 is 0 Å². The van der Waals surface area contributed by atoms with E-state index in [1.807, 2.05) is 4.90 Å². The van der Waals surface area contributed by atoms with E-state index in [1.165, 1.54) is 12.8 Å². The van der Waals surface area contributed by atoms with Gasteiger partial charge in [-0.3, -0.25) is 4.79 Å². The smallest absolute Gasteiger partial charge is 0.248 e. The summed E-state index contributed by atoms with van der Waals surface area (Å²) in [6.07, 6.45) is 3.39. The minimum absolute atomic E-state index is 0.0120. The molecule has 5 nitrogen and oxygen atoms in total. The van der Waals surface area contributed by atoms with Crippen LogP contribution in [-0.4, -0.2) is 60.9 Å². The number of nitrogens with zero attached hydrogens (tertiary/aromatic N) is 1. The van der Waals surface area contributed by atoms with Gasteiger partial charge in [0.05, 0.1) is 12.7 Å². The fraction of sp³-hybridized carbons (Fsp3) is 0.909. The molecule has 16 heavy (non-hydrogen) atoms. The van der Waals surface area contributed by atoms with Crippen molar-refractivity contribution in [2.24, 2.45) is 0 Å². The fourth-order valence-electron chi connectivity index (χ4n) is 2.31. The molecule has 2 unspecified atom stereocenters. The molecule has 0 aromatic heterocycles. The first-order valence-electron chi connectivity index (χ1n) is 6.03. The fourth-order valence-corrected chi connectivity index (χ4v) is 2.31. The van der Waals surface area contributed by atoms with Gasteiger partial charge in [0.15, 0.2) is 0 Å². The van der Waals surface area contributed by atoms with Crippen LogP contribution in [0.15, 0.2) is 0 Å². The lowest BCUT2D eigenvalue weighted by atomic mass is 10.0. The molecular weight excluding hydrogens is 208 g/mol. The second-order valence-electron chi connectivity index (χ2n) is 4.56. The molecule has 0 aromatic carbocycles. The van der Waals surface area contributed by atoms with E-state index < -0.39 is 0 Å². The predicted molar refractivity (Wildman–Crippen MR) is 59.0 cm³/mol. The van der Waals surface area contributed by atoms with Crippen molar-refractivity contribution >= 4 is 5.91 Å². The summed E-state index contributed by atoms with van der Waals surface area (Å²) in [6.45, 7) is 2.42. The minimum atomic E-state index is -0.207. The topological polar surface area (TPSA) is 61.8 Å². The van der Waals surface area contributed by atoms with Gasteiger partial charge in [0.25, 0.3) is 0 Å². The summed E-state index contributed by atoms with van der Waals surface area (Å²) in [5.41, 5.74) is 0. The molecule has 0 bridgehead atoms. The number of aliphatic hydroxyl groups excluding tert-OH is 1. The number of rotatable bonds is 3. The normalized spacial score (nSPS) is 31.8. The van der Waals surface area contributed by atoms with E-state index in [0.717, 1.165) is 19.5 Å². The maximum absolute atomic E-state index is 11.6. The Morgan fingerprint density at radius 3 is 3.06 bits per heavy atom. The van der Waals surface area contributed by atoms with Crippen LogP contribution < -0.4 is 5.32 Å². The first-order valence-corrected chi connectivity index (χ1v) is 6.03. The Balaban J connectivity index is 1.83. The van der Waals surface area contributed by atoms with Gasteiger partial charge < -0.3 is 20.1 Å². The maximum atomic E-state index is 11.6. The Labute approximate surface area is 95.8 Å². The number of carbonyl (C=O) groups excluding carboxylic acids is 1. The van der Waals surface area contributed by atoms with E-state index in [1.54, 1.807) is 0 Å². The largest absolute Gasteiger partial charge is 0.394 e. The molecule has 2 heterocycles. The lowest BCUT2D eigenvalue weighted by Gasteiger charge is -2.35. The van der Waals surface area contributed by atoms with E-state index in [4.69, 9.17) is 9.84 Å². The summed E-state index contributed by atoms with van der Waals surface area (Å²) in [5, 5.41) is 12.4. The molecule has 0 radical (unpaired) electrons. The third kappa shape index (κ3) is 2.93. The lowest BCUT2D eigenvalue weighted by Crippen LogP contribution is -2.53. The molecule has 2 aliphatic rings. The number of nitrogens with one attached hydrogen (secondary N) is 1. The maximum Gasteiger partial charge on any atom is 0.248 e. The molecule has 2 aliphatic heterocycles. The average molecular weight is 228 g/mol. The second kappa shape index (κ2) is 5.61. The number of hydrogen-bond donors (Lipinski definition) is 2. The number of hydrogen-bond acceptors (Lipinski definition) is 4. The first kappa shape index (κ1) is 11.8. The second-order valence-corrected chi connectivity index (χ2v) is 4.56. The molecule has 5 heteroatoms. The number of ether oxygens (including phenoxy) is 1.